The summed E-state index contributed by atoms with van der Waals surface area (Å²) in [4.78, 5) is 40.6. The number of imide groups is 1. The van der Waals surface area contributed by atoms with Gasteiger partial charge >= 0.3 is 6.03 Å². The van der Waals surface area contributed by atoms with Gasteiger partial charge in [-0.2, -0.15) is 0 Å². The topological polar surface area (TPSA) is 69.7 Å². The second kappa shape index (κ2) is 6.19. The summed E-state index contributed by atoms with van der Waals surface area (Å²) in [6.07, 6.45) is 0.745. The van der Waals surface area contributed by atoms with Crippen LogP contribution in [0.1, 0.15) is 18.1 Å². The lowest BCUT2D eigenvalue weighted by atomic mass is 9.92. The molecule has 0 aliphatic carbocycles. The number of rotatable bonds is 3. The molecule has 0 radical (unpaired) electrons. The fourth-order valence-corrected chi connectivity index (χ4v) is 3.64. The summed E-state index contributed by atoms with van der Waals surface area (Å²) in [5.41, 5.74) is 1.02. The summed E-state index contributed by atoms with van der Waals surface area (Å²) < 4.78 is 13.2. The minimum absolute atomic E-state index is 0.313. The Hall–Kier alpha value is -3.22. The van der Waals surface area contributed by atoms with Crippen LogP contribution in [0, 0.1) is 5.82 Å². The molecule has 138 valence electrons. The summed E-state index contributed by atoms with van der Waals surface area (Å²) in [5, 5.41) is 2.63. The van der Waals surface area contributed by atoms with E-state index in [9.17, 15) is 18.8 Å². The van der Waals surface area contributed by atoms with Crippen molar-refractivity contribution in [3.05, 3.63) is 65.5 Å². The number of urea groups is 1. The predicted molar refractivity (Wildman–Crippen MR) is 96.5 cm³/mol. The number of anilines is 1. The third-order valence-electron chi connectivity index (χ3n) is 5.18. The first-order valence-electron chi connectivity index (χ1n) is 8.68. The summed E-state index contributed by atoms with van der Waals surface area (Å²) in [5.74, 6) is -1.27. The van der Waals surface area contributed by atoms with Gasteiger partial charge in [0.1, 0.15) is 17.9 Å². The summed E-state index contributed by atoms with van der Waals surface area (Å²) in [6.45, 7) is 1.74. The Kier molecular flexibility index (Phi) is 3.95. The number of nitrogens with zero attached hydrogens (tertiary/aromatic N) is 2. The van der Waals surface area contributed by atoms with E-state index in [1.54, 1.807) is 11.8 Å². The van der Waals surface area contributed by atoms with Gasteiger partial charge in [0.05, 0.1) is 0 Å². The molecule has 1 fully saturated rings. The van der Waals surface area contributed by atoms with Crippen molar-refractivity contribution in [3.63, 3.8) is 0 Å². The first kappa shape index (κ1) is 17.2. The van der Waals surface area contributed by atoms with Crippen molar-refractivity contribution >= 4 is 23.5 Å². The smallest absolute Gasteiger partial charge is 0.319 e. The summed E-state index contributed by atoms with van der Waals surface area (Å²) in [7, 11) is 0. The van der Waals surface area contributed by atoms with Gasteiger partial charge < -0.3 is 10.2 Å². The van der Waals surface area contributed by atoms with Gasteiger partial charge in [-0.1, -0.05) is 30.3 Å². The summed E-state index contributed by atoms with van der Waals surface area (Å²) in [6, 6.07) is 12.3. The number of nitrogens with one attached hydrogen (secondary N) is 1. The van der Waals surface area contributed by atoms with Crippen LogP contribution in [0.3, 0.4) is 0 Å². The van der Waals surface area contributed by atoms with Gasteiger partial charge in [-0.15, -0.1) is 0 Å². The molecule has 0 spiro atoms. The average molecular weight is 367 g/mol. The van der Waals surface area contributed by atoms with Gasteiger partial charge in [-0.3, -0.25) is 14.5 Å². The van der Waals surface area contributed by atoms with Gasteiger partial charge in [0.25, 0.3) is 5.91 Å². The van der Waals surface area contributed by atoms with Crippen LogP contribution in [0.2, 0.25) is 0 Å². The third-order valence-corrected chi connectivity index (χ3v) is 5.18. The monoisotopic (exact) mass is 367 g/mol. The number of hydrogen-bond acceptors (Lipinski definition) is 3. The minimum atomic E-state index is -1.33. The molecular weight excluding hydrogens is 349 g/mol. The van der Waals surface area contributed by atoms with E-state index < -0.39 is 23.3 Å². The second-order valence-corrected chi connectivity index (χ2v) is 6.88. The lowest BCUT2D eigenvalue weighted by Gasteiger charge is -2.23. The molecule has 2 aliphatic heterocycles. The van der Waals surface area contributed by atoms with Crippen molar-refractivity contribution in [1.82, 2.24) is 10.2 Å². The quantitative estimate of drug-likeness (QED) is 0.846. The zero-order chi connectivity index (χ0) is 19.2. The van der Waals surface area contributed by atoms with Gasteiger partial charge in [-0.25, -0.2) is 9.18 Å². The highest BCUT2D eigenvalue weighted by Crippen LogP contribution is 2.31. The van der Waals surface area contributed by atoms with Crippen LogP contribution in [-0.2, 0) is 21.5 Å². The maximum atomic E-state index is 13.2. The van der Waals surface area contributed by atoms with Gasteiger partial charge in [0.2, 0.25) is 5.91 Å². The number of hydrogen-bond donors (Lipinski definition) is 1. The number of halogens is 1. The molecule has 0 aromatic heterocycles. The van der Waals surface area contributed by atoms with Crippen LogP contribution in [0.5, 0.6) is 0 Å². The number of amides is 4. The van der Waals surface area contributed by atoms with Gasteiger partial charge in [0, 0.05) is 12.2 Å². The Morgan fingerprint density at radius 3 is 2.59 bits per heavy atom. The summed E-state index contributed by atoms with van der Waals surface area (Å²) >= 11 is 0. The normalized spacial score (nSPS) is 21.4. The Bertz CT molecular complexity index is 944. The highest BCUT2D eigenvalue weighted by Gasteiger charge is 2.49. The standard InChI is InChI=1S/C20H18FN3O3/c1-20(14-6-8-15(21)9-7-14)18(26)24(19(27)22-20)12-17(25)23-11-10-13-4-2-3-5-16(13)23/h2-9H,10-12H2,1H3,(H,22,27). The number of carbonyl (C=O) groups excluding carboxylic acids is 3. The van der Waals surface area contributed by atoms with Crippen LogP contribution in [0.25, 0.3) is 0 Å². The van der Waals surface area contributed by atoms with Crippen LogP contribution in [0.15, 0.2) is 48.5 Å². The van der Waals surface area contributed by atoms with Crippen molar-refractivity contribution in [2.45, 2.75) is 18.9 Å². The number of carbonyl (C=O) groups is 3. The first-order valence-corrected chi connectivity index (χ1v) is 8.68. The average Bonchev–Trinajstić information content (AvgIpc) is 3.18. The van der Waals surface area contributed by atoms with E-state index in [0.717, 1.165) is 22.6 Å². The largest absolute Gasteiger partial charge is 0.325 e. The molecule has 0 bridgehead atoms. The maximum absolute atomic E-state index is 13.2. The van der Waals surface area contributed by atoms with Gasteiger partial charge in [-0.05, 0) is 42.7 Å². The molecule has 6 nitrogen and oxygen atoms in total. The number of benzene rings is 2. The van der Waals surface area contributed by atoms with E-state index in [1.807, 2.05) is 24.3 Å². The maximum Gasteiger partial charge on any atom is 0.325 e. The second-order valence-electron chi connectivity index (χ2n) is 6.88. The molecule has 2 aromatic rings. The lowest BCUT2D eigenvalue weighted by Crippen LogP contribution is -2.44. The van der Waals surface area contributed by atoms with Crippen LogP contribution in [0.4, 0.5) is 14.9 Å². The molecule has 1 saturated heterocycles. The molecule has 1 N–H and O–H groups in total. The van der Waals surface area contributed by atoms with Crippen molar-refractivity contribution in [1.29, 1.82) is 0 Å². The van der Waals surface area contributed by atoms with Crippen molar-refractivity contribution in [3.8, 4) is 0 Å². The van der Waals surface area contributed by atoms with E-state index in [2.05, 4.69) is 5.32 Å². The van der Waals surface area contributed by atoms with Gasteiger partial charge in [0.15, 0.2) is 0 Å². The highest BCUT2D eigenvalue weighted by molar-refractivity contribution is 6.10. The molecule has 2 aliphatic rings. The molecule has 2 heterocycles. The van der Waals surface area contributed by atoms with E-state index in [4.69, 9.17) is 0 Å². The fourth-order valence-electron chi connectivity index (χ4n) is 3.64. The predicted octanol–water partition coefficient (Wildman–Crippen LogP) is 2.18. The van der Waals surface area contributed by atoms with E-state index in [1.165, 1.54) is 24.3 Å². The first-order chi connectivity index (χ1) is 12.9. The van der Waals surface area contributed by atoms with Crippen molar-refractivity contribution in [2.24, 2.45) is 0 Å². The van der Waals surface area contributed by atoms with E-state index >= 15 is 0 Å². The third kappa shape index (κ3) is 2.75. The van der Waals surface area contributed by atoms with E-state index in [0.29, 0.717) is 12.1 Å². The molecule has 2 aromatic carbocycles. The Morgan fingerprint density at radius 2 is 1.85 bits per heavy atom. The van der Waals surface area contributed by atoms with E-state index in [-0.39, 0.29) is 12.5 Å². The fraction of sp³-hybridized carbons (Fsp3) is 0.250. The molecule has 0 saturated carbocycles. The molecule has 1 atom stereocenters. The molecule has 4 rings (SSSR count). The minimum Gasteiger partial charge on any atom is -0.319 e. The SMILES string of the molecule is CC1(c2ccc(F)cc2)NC(=O)N(CC(=O)N2CCc3ccccc32)C1=O. The van der Waals surface area contributed by atoms with Crippen LogP contribution in [-0.4, -0.2) is 35.8 Å². The molecule has 7 heteroatoms. The van der Waals surface area contributed by atoms with Crippen molar-refractivity contribution < 1.29 is 18.8 Å². The zero-order valence-corrected chi connectivity index (χ0v) is 14.7. The highest BCUT2D eigenvalue weighted by atomic mass is 19.1. The van der Waals surface area contributed by atoms with Crippen LogP contribution >= 0.6 is 0 Å². The molecule has 4 amide bonds. The number of para-hydroxylation sites is 1. The molecule has 1 unspecified atom stereocenters. The van der Waals surface area contributed by atoms with Crippen LogP contribution < -0.4 is 10.2 Å². The molecular formula is C20H18FN3O3. The Balaban J connectivity index is 1.55. The number of fused-ring (bicyclic) bond motifs is 1. The lowest BCUT2D eigenvalue weighted by molar-refractivity contribution is -0.134. The Labute approximate surface area is 155 Å². The zero-order valence-electron chi connectivity index (χ0n) is 14.7. The Morgan fingerprint density at radius 1 is 1.15 bits per heavy atom. The van der Waals surface area contributed by atoms with Crippen molar-refractivity contribution in [2.75, 3.05) is 18.0 Å². The molecule has 27 heavy (non-hydrogen) atoms.